The molecule has 3 aromatic carbocycles. The SMILES string of the molecule is Cn1ccc2cc(NC(=O)Nc3ccc4c(c3)N(C(=O)OCc3ccccc3)CCC4)ccc21. The Morgan fingerprint density at radius 3 is 2.53 bits per heavy atom. The number of ether oxygens (including phenoxy) is 1. The highest BCUT2D eigenvalue weighted by atomic mass is 16.6. The summed E-state index contributed by atoms with van der Waals surface area (Å²) in [4.78, 5) is 27.1. The highest BCUT2D eigenvalue weighted by molar-refractivity contribution is 6.01. The summed E-state index contributed by atoms with van der Waals surface area (Å²) in [5.74, 6) is 0. The van der Waals surface area contributed by atoms with Gasteiger partial charge in [0.1, 0.15) is 6.61 Å². The molecule has 0 radical (unpaired) electrons. The quantitative estimate of drug-likeness (QED) is 0.402. The number of aryl methyl sites for hydroxylation is 2. The number of anilines is 3. The number of urea groups is 1. The maximum absolute atomic E-state index is 12.8. The van der Waals surface area contributed by atoms with Crippen molar-refractivity contribution in [1.82, 2.24) is 4.57 Å². The monoisotopic (exact) mass is 454 g/mol. The number of hydrogen-bond acceptors (Lipinski definition) is 3. The molecule has 0 spiro atoms. The van der Waals surface area contributed by atoms with Gasteiger partial charge in [0.15, 0.2) is 0 Å². The molecule has 5 rings (SSSR count). The summed E-state index contributed by atoms with van der Waals surface area (Å²) in [6.07, 6.45) is 3.34. The Morgan fingerprint density at radius 2 is 1.71 bits per heavy atom. The minimum absolute atomic E-state index is 0.220. The summed E-state index contributed by atoms with van der Waals surface area (Å²) >= 11 is 0. The van der Waals surface area contributed by atoms with Crippen molar-refractivity contribution in [3.05, 3.63) is 90.1 Å². The zero-order valence-electron chi connectivity index (χ0n) is 19.0. The third-order valence-corrected chi connectivity index (χ3v) is 6.03. The predicted molar refractivity (Wildman–Crippen MR) is 134 cm³/mol. The molecule has 34 heavy (non-hydrogen) atoms. The van der Waals surface area contributed by atoms with E-state index in [4.69, 9.17) is 4.74 Å². The van der Waals surface area contributed by atoms with Crippen LogP contribution in [0.5, 0.6) is 0 Å². The van der Waals surface area contributed by atoms with Crippen LogP contribution in [0.15, 0.2) is 79.0 Å². The molecule has 7 heteroatoms. The van der Waals surface area contributed by atoms with Crippen molar-refractivity contribution in [3.63, 3.8) is 0 Å². The standard InChI is InChI=1S/C27H26N4O3/c1-30-15-13-21-16-22(11-12-24(21)30)28-26(32)29-23-10-9-20-8-5-14-31(25(20)17-23)27(33)34-18-19-6-3-2-4-7-19/h2-4,6-7,9-13,15-17H,5,8,14,18H2,1H3,(H2,28,29,32). The minimum Gasteiger partial charge on any atom is -0.444 e. The van der Waals surface area contributed by atoms with Crippen LogP contribution in [0.3, 0.4) is 0 Å². The van der Waals surface area contributed by atoms with Crippen molar-refractivity contribution in [3.8, 4) is 0 Å². The van der Waals surface area contributed by atoms with E-state index in [9.17, 15) is 9.59 Å². The summed E-state index contributed by atoms with van der Waals surface area (Å²) in [7, 11) is 1.99. The third-order valence-electron chi connectivity index (χ3n) is 6.03. The van der Waals surface area contributed by atoms with Gasteiger partial charge in [-0.05, 0) is 60.4 Å². The highest BCUT2D eigenvalue weighted by Crippen LogP contribution is 2.31. The molecular formula is C27H26N4O3. The second-order valence-corrected chi connectivity index (χ2v) is 8.42. The van der Waals surface area contributed by atoms with Gasteiger partial charge in [-0.2, -0.15) is 0 Å². The smallest absolute Gasteiger partial charge is 0.414 e. The van der Waals surface area contributed by atoms with E-state index < -0.39 is 0 Å². The maximum atomic E-state index is 12.8. The molecule has 2 N–H and O–H groups in total. The first-order valence-electron chi connectivity index (χ1n) is 11.3. The first kappa shape index (κ1) is 21.6. The minimum atomic E-state index is -0.387. The van der Waals surface area contributed by atoms with E-state index >= 15 is 0 Å². The van der Waals surface area contributed by atoms with Gasteiger partial charge in [-0.1, -0.05) is 36.4 Å². The molecule has 0 saturated carbocycles. The second kappa shape index (κ2) is 9.31. The zero-order valence-corrected chi connectivity index (χ0v) is 19.0. The number of carbonyl (C=O) groups excluding carboxylic acids is 2. The number of nitrogens with one attached hydrogen (secondary N) is 2. The summed E-state index contributed by atoms with van der Waals surface area (Å²) in [6.45, 7) is 0.797. The molecule has 172 valence electrons. The molecule has 2 heterocycles. The van der Waals surface area contributed by atoms with Crippen LogP contribution in [0.25, 0.3) is 10.9 Å². The summed E-state index contributed by atoms with van der Waals surface area (Å²) < 4.78 is 7.58. The Hall–Kier alpha value is -4.26. The van der Waals surface area contributed by atoms with Crippen molar-refractivity contribution in [2.45, 2.75) is 19.4 Å². The molecule has 3 amide bonds. The molecular weight excluding hydrogens is 428 g/mol. The van der Waals surface area contributed by atoms with Crippen LogP contribution in [0.2, 0.25) is 0 Å². The van der Waals surface area contributed by atoms with Crippen molar-refractivity contribution in [2.75, 3.05) is 22.1 Å². The number of carbonyl (C=O) groups is 2. The Labute approximate surface area is 197 Å². The van der Waals surface area contributed by atoms with Crippen LogP contribution in [0.1, 0.15) is 17.5 Å². The van der Waals surface area contributed by atoms with Crippen LogP contribution in [-0.4, -0.2) is 23.2 Å². The van der Waals surface area contributed by atoms with Gasteiger partial charge in [-0.15, -0.1) is 0 Å². The summed E-state index contributed by atoms with van der Waals surface area (Å²) in [5.41, 5.74) is 5.19. The summed E-state index contributed by atoms with van der Waals surface area (Å²) in [6, 6.07) is 22.7. The highest BCUT2D eigenvalue weighted by Gasteiger charge is 2.24. The Morgan fingerprint density at radius 1 is 0.941 bits per heavy atom. The molecule has 1 aliphatic heterocycles. The molecule has 1 aliphatic rings. The molecule has 0 aliphatic carbocycles. The van der Waals surface area contributed by atoms with E-state index in [-0.39, 0.29) is 18.7 Å². The molecule has 0 fully saturated rings. The second-order valence-electron chi connectivity index (χ2n) is 8.42. The van der Waals surface area contributed by atoms with E-state index in [0.29, 0.717) is 17.9 Å². The normalized spacial score (nSPS) is 12.8. The fourth-order valence-corrected chi connectivity index (χ4v) is 4.29. The molecule has 4 aromatic rings. The molecule has 1 aromatic heterocycles. The lowest BCUT2D eigenvalue weighted by Gasteiger charge is -2.29. The van der Waals surface area contributed by atoms with E-state index in [1.807, 2.05) is 90.6 Å². The number of rotatable bonds is 4. The van der Waals surface area contributed by atoms with Gasteiger partial charge >= 0.3 is 12.1 Å². The van der Waals surface area contributed by atoms with Crippen LogP contribution >= 0.6 is 0 Å². The van der Waals surface area contributed by atoms with Crippen LogP contribution in [0, 0.1) is 0 Å². The van der Waals surface area contributed by atoms with Gasteiger partial charge in [-0.3, -0.25) is 4.90 Å². The van der Waals surface area contributed by atoms with Crippen molar-refractivity contribution >= 4 is 40.1 Å². The maximum Gasteiger partial charge on any atom is 0.414 e. The van der Waals surface area contributed by atoms with E-state index in [0.717, 1.165) is 40.6 Å². The number of fused-ring (bicyclic) bond motifs is 2. The van der Waals surface area contributed by atoms with Crippen molar-refractivity contribution < 1.29 is 14.3 Å². The molecule has 0 saturated heterocycles. The van der Waals surface area contributed by atoms with E-state index in [2.05, 4.69) is 10.6 Å². The first-order valence-corrected chi connectivity index (χ1v) is 11.3. The molecule has 0 unspecified atom stereocenters. The van der Waals surface area contributed by atoms with E-state index in [1.165, 1.54) is 0 Å². The number of nitrogens with zero attached hydrogens (tertiary/aromatic N) is 2. The first-order chi connectivity index (χ1) is 16.6. The topological polar surface area (TPSA) is 75.6 Å². The van der Waals surface area contributed by atoms with Gasteiger partial charge in [0.2, 0.25) is 0 Å². The zero-order chi connectivity index (χ0) is 23.5. The number of benzene rings is 3. The van der Waals surface area contributed by atoms with Gasteiger partial charge < -0.3 is 19.9 Å². The Bertz CT molecular complexity index is 1350. The average Bonchev–Trinajstić information content (AvgIpc) is 3.22. The lowest BCUT2D eigenvalue weighted by Crippen LogP contribution is -2.36. The van der Waals surface area contributed by atoms with Gasteiger partial charge in [0.05, 0.1) is 5.69 Å². The van der Waals surface area contributed by atoms with Gasteiger partial charge in [0, 0.05) is 42.1 Å². The average molecular weight is 455 g/mol. The predicted octanol–water partition coefficient (Wildman–Crippen LogP) is 5.91. The lowest BCUT2D eigenvalue weighted by molar-refractivity contribution is 0.146. The largest absolute Gasteiger partial charge is 0.444 e. The van der Waals surface area contributed by atoms with E-state index in [1.54, 1.807) is 4.90 Å². The van der Waals surface area contributed by atoms with Gasteiger partial charge in [-0.25, -0.2) is 9.59 Å². The van der Waals surface area contributed by atoms with Crippen molar-refractivity contribution in [2.24, 2.45) is 7.05 Å². The Balaban J connectivity index is 1.27. The fraction of sp³-hybridized carbons (Fsp3) is 0.185. The molecule has 7 nitrogen and oxygen atoms in total. The van der Waals surface area contributed by atoms with Crippen LogP contribution in [-0.2, 0) is 24.8 Å². The van der Waals surface area contributed by atoms with Crippen LogP contribution < -0.4 is 15.5 Å². The number of hydrogen-bond donors (Lipinski definition) is 2. The Kier molecular flexibility index (Phi) is 5.91. The summed E-state index contributed by atoms with van der Waals surface area (Å²) in [5, 5.41) is 6.81. The van der Waals surface area contributed by atoms with Gasteiger partial charge in [0.25, 0.3) is 0 Å². The number of amides is 3. The molecule has 0 bridgehead atoms. The van der Waals surface area contributed by atoms with Crippen molar-refractivity contribution in [1.29, 1.82) is 0 Å². The van der Waals surface area contributed by atoms with Crippen LogP contribution in [0.4, 0.5) is 26.7 Å². The third kappa shape index (κ3) is 4.59. The number of aromatic nitrogens is 1. The fourth-order valence-electron chi connectivity index (χ4n) is 4.29. The lowest BCUT2D eigenvalue weighted by atomic mass is 10.0. The molecule has 0 atom stereocenters.